The molecule has 6 heteroatoms. The fourth-order valence-electron chi connectivity index (χ4n) is 2.54. The van der Waals surface area contributed by atoms with Crippen molar-refractivity contribution in [2.75, 3.05) is 6.61 Å². The Balaban J connectivity index is 1.73. The van der Waals surface area contributed by atoms with Crippen molar-refractivity contribution in [2.24, 2.45) is 0 Å². The monoisotopic (exact) mass is 327 g/mol. The van der Waals surface area contributed by atoms with Crippen LogP contribution in [0.2, 0.25) is 0 Å². The normalized spacial score (nSPS) is 18.0. The van der Waals surface area contributed by atoms with Gasteiger partial charge in [0.2, 0.25) is 0 Å². The summed E-state index contributed by atoms with van der Waals surface area (Å²) in [5.41, 5.74) is 0.381. The number of rotatable bonds is 5. The number of para-hydroxylation sites is 1. The van der Waals surface area contributed by atoms with Crippen LogP contribution < -0.4 is 10.2 Å². The van der Waals surface area contributed by atoms with Crippen LogP contribution in [0.15, 0.2) is 36.7 Å². The van der Waals surface area contributed by atoms with Gasteiger partial charge < -0.3 is 14.5 Å². The minimum absolute atomic E-state index is 0.166. The first-order chi connectivity index (χ1) is 11.3. The van der Waals surface area contributed by atoms with Crippen molar-refractivity contribution in [3.8, 4) is 5.75 Å². The van der Waals surface area contributed by atoms with Gasteiger partial charge in [-0.2, -0.15) is 5.10 Å². The van der Waals surface area contributed by atoms with E-state index < -0.39 is 11.2 Å². The smallest absolute Gasteiger partial charge is 0.334 e. The molecule has 1 aliphatic heterocycles. The molecule has 2 heterocycles. The van der Waals surface area contributed by atoms with E-state index in [-0.39, 0.29) is 6.04 Å². The fraction of sp³-hybridized carbons (Fsp3) is 0.500. The molecular weight excluding hydrogens is 303 g/mol. The van der Waals surface area contributed by atoms with Crippen LogP contribution >= 0.6 is 0 Å². The van der Waals surface area contributed by atoms with Gasteiger partial charge in [-0.25, -0.2) is 0 Å². The summed E-state index contributed by atoms with van der Waals surface area (Å²) >= 11 is 0. The molecule has 1 aliphatic rings. The van der Waals surface area contributed by atoms with Crippen LogP contribution in [0.3, 0.4) is 0 Å². The molecule has 2 aromatic rings. The number of aromatic nitrogens is 2. The molecule has 1 aromatic carbocycles. The minimum atomic E-state index is -0.945. The highest BCUT2D eigenvalue weighted by atomic mass is 16.5. The Kier molecular flexibility index (Phi) is 4.45. The van der Waals surface area contributed by atoms with Gasteiger partial charge in [-0.3, -0.25) is 4.68 Å². The van der Waals surface area contributed by atoms with Crippen molar-refractivity contribution in [3.63, 3.8) is 0 Å². The summed E-state index contributed by atoms with van der Waals surface area (Å²) < 4.78 is 13.5. The molecule has 0 saturated heterocycles. The standard InChI is InChI=1S/C18H24BN2O3/c1-17(2,22)18(3,4)24-19-13-11-20-21(12-13)15-9-10-23-16-8-6-5-7-14(15)16/h5-8,11-12,15,22H,9-10H2,1-4H3. The van der Waals surface area contributed by atoms with Crippen LogP contribution in [-0.2, 0) is 4.65 Å². The number of nitrogens with zero attached hydrogens (tertiary/aromatic N) is 2. The molecule has 1 unspecified atom stereocenters. The Labute approximate surface area is 143 Å². The second-order valence-electron chi connectivity index (χ2n) is 7.25. The van der Waals surface area contributed by atoms with Gasteiger partial charge in [0.15, 0.2) is 0 Å². The Bertz CT molecular complexity index is 706. The molecule has 127 valence electrons. The molecule has 0 saturated carbocycles. The lowest BCUT2D eigenvalue weighted by molar-refractivity contribution is -0.0893. The average Bonchev–Trinajstić information content (AvgIpc) is 3.00. The van der Waals surface area contributed by atoms with Gasteiger partial charge in [0.1, 0.15) is 5.75 Å². The van der Waals surface area contributed by atoms with Gasteiger partial charge in [-0.05, 0) is 39.2 Å². The summed E-state index contributed by atoms with van der Waals surface area (Å²) in [4.78, 5) is 0. The van der Waals surface area contributed by atoms with Crippen LogP contribution in [0, 0.1) is 0 Å². The Hall–Kier alpha value is -1.79. The zero-order chi connectivity index (χ0) is 17.4. The first kappa shape index (κ1) is 17.1. The van der Waals surface area contributed by atoms with Crippen LogP contribution in [0.4, 0.5) is 0 Å². The quantitative estimate of drug-likeness (QED) is 0.854. The predicted molar refractivity (Wildman–Crippen MR) is 93.8 cm³/mol. The Morgan fingerprint density at radius 1 is 1.29 bits per heavy atom. The molecule has 1 radical (unpaired) electrons. The molecule has 1 N–H and O–H groups in total. The highest BCUT2D eigenvalue weighted by Crippen LogP contribution is 2.33. The number of fused-ring (bicyclic) bond motifs is 1. The second kappa shape index (κ2) is 6.26. The Morgan fingerprint density at radius 3 is 2.79 bits per heavy atom. The summed E-state index contributed by atoms with van der Waals surface area (Å²) in [6, 6.07) is 8.24. The van der Waals surface area contributed by atoms with E-state index in [1.54, 1.807) is 27.5 Å². The van der Waals surface area contributed by atoms with Crippen molar-refractivity contribution in [2.45, 2.75) is 51.4 Å². The zero-order valence-corrected chi connectivity index (χ0v) is 14.7. The van der Waals surface area contributed by atoms with E-state index >= 15 is 0 Å². The summed E-state index contributed by atoms with van der Waals surface area (Å²) in [5.74, 6) is 0.925. The number of hydrogen-bond donors (Lipinski definition) is 1. The van der Waals surface area contributed by atoms with Crippen molar-refractivity contribution in [1.82, 2.24) is 9.78 Å². The van der Waals surface area contributed by atoms with Gasteiger partial charge in [-0.1, -0.05) is 18.2 Å². The van der Waals surface area contributed by atoms with Crippen molar-refractivity contribution in [1.29, 1.82) is 0 Å². The molecule has 1 aromatic heterocycles. The Morgan fingerprint density at radius 2 is 2.04 bits per heavy atom. The summed E-state index contributed by atoms with van der Waals surface area (Å²) in [5, 5.41) is 14.7. The fourth-order valence-corrected chi connectivity index (χ4v) is 2.54. The molecule has 24 heavy (non-hydrogen) atoms. The lowest BCUT2D eigenvalue weighted by Crippen LogP contribution is -2.49. The van der Waals surface area contributed by atoms with Gasteiger partial charge in [0.05, 0.1) is 23.9 Å². The molecule has 0 spiro atoms. The largest absolute Gasteiger partial charge is 0.493 e. The third-order valence-corrected chi connectivity index (χ3v) is 4.83. The van der Waals surface area contributed by atoms with Crippen LogP contribution in [0.1, 0.15) is 45.7 Å². The third kappa shape index (κ3) is 3.35. The highest BCUT2D eigenvalue weighted by molar-refractivity contribution is 6.46. The van der Waals surface area contributed by atoms with Gasteiger partial charge in [-0.15, -0.1) is 0 Å². The maximum Gasteiger partial charge on any atom is 0.334 e. The predicted octanol–water partition coefficient (Wildman–Crippen LogP) is 2.07. The lowest BCUT2D eigenvalue weighted by atomic mass is 9.84. The van der Waals surface area contributed by atoms with E-state index in [9.17, 15) is 5.11 Å². The van der Waals surface area contributed by atoms with E-state index in [0.29, 0.717) is 6.61 Å². The van der Waals surface area contributed by atoms with Gasteiger partial charge in [0, 0.05) is 24.4 Å². The van der Waals surface area contributed by atoms with E-state index in [4.69, 9.17) is 9.39 Å². The molecule has 5 nitrogen and oxygen atoms in total. The van der Waals surface area contributed by atoms with Gasteiger partial charge >= 0.3 is 7.48 Å². The van der Waals surface area contributed by atoms with E-state index in [1.807, 2.05) is 42.9 Å². The van der Waals surface area contributed by atoms with Crippen LogP contribution in [0.5, 0.6) is 5.75 Å². The topological polar surface area (TPSA) is 56.5 Å². The first-order valence-corrected chi connectivity index (χ1v) is 8.27. The molecule has 0 bridgehead atoms. The summed E-state index contributed by atoms with van der Waals surface area (Å²) in [6.07, 6.45) is 4.62. The first-order valence-electron chi connectivity index (χ1n) is 8.27. The summed E-state index contributed by atoms with van der Waals surface area (Å²) in [6.45, 7) is 7.89. The SMILES string of the molecule is CC(C)(O)C(C)(C)O[B]c1cnn(C2CCOc3ccccc32)c1. The van der Waals surface area contributed by atoms with E-state index in [1.165, 1.54) is 0 Å². The zero-order valence-electron chi connectivity index (χ0n) is 14.7. The molecule has 3 rings (SSSR count). The molecule has 0 fully saturated rings. The average molecular weight is 327 g/mol. The minimum Gasteiger partial charge on any atom is -0.493 e. The van der Waals surface area contributed by atoms with Crippen molar-refractivity contribution in [3.05, 3.63) is 42.2 Å². The maximum atomic E-state index is 10.2. The van der Waals surface area contributed by atoms with E-state index in [0.717, 1.165) is 23.2 Å². The van der Waals surface area contributed by atoms with E-state index in [2.05, 4.69) is 11.2 Å². The van der Waals surface area contributed by atoms with Gasteiger partial charge in [0.25, 0.3) is 0 Å². The van der Waals surface area contributed by atoms with Crippen molar-refractivity contribution < 1.29 is 14.5 Å². The molecule has 0 amide bonds. The maximum absolute atomic E-state index is 10.2. The molecular formula is C18H24BN2O3. The van der Waals surface area contributed by atoms with Crippen LogP contribution in [-0.4, -0.2) is 40.2 Å². The number of hydrogen-bond acceptors (Lipinski definition) is 4. The molecule has 1 atom stereocenters. The number of ether oxygens (including phenoxy) is 1. The van der Waals surface area contributed by atoms with Crippen LogP contribution in [0.25, 0.3) is 0 Å². The second-order valence-corrected chi connectivity index (χ2v) is 7.25. The van der Waals surface area contributed by atoms with Crippen molar-refractivity contribution >= 4 is 12.9 Å². The summed E-state index contributed by atoms with van der Waals surface area (Å²) in [7, 11) is 1.66. The third-order valence-electron chi connectivity index (χ3n) is 4.83. The number of benzene rings is 1. The lowest BCUT2D eigenvalue weighted by Gasteiger charge is -2.37. The highest BCUT2D eigenvalue weighted by Gasteiger charge is 2.36. The molecule has 0 aliphatic carbocycles. The number of aliphatic hydroxyl groups is 1.